The van der Waals surface area contributed by atoms with Gasteiger partial charge in [0.1, 0.15) is 4.90 Å². The maximum atomic E-state index is 11.2. The van der Waals surface area contributed by atoms with Crippen molar-refractivity contribution in [1.82, 2.24) is 4.98 Å². The van der Waals surface area contributed by atoms with Crippen molar-refractivity contribution in [3.63, 3.8) is 0 Å². The Kier molecular flexibility index (Phi) is 3.31. The molecule has 6 heteroatoms. The molecule has 0 fully saturated rings. The highest BCUT2D eigenvalue weighted by Gasteiger charge is 2.15. The maximum absolute atomic E-state index is 11.2. The van der Waals surface area contributed by atoms with Crippen LogP contribution in [0.2, 0.25) is 0 Å². The first kappa shape index (κ1) is 12.5. The zero-order valence-corrected chi connectivity index (χ0v) is 10.5. The van der Waals surface area contributed by atoms with Gasteiger partial charge in [-0.05, 0) is 30.7 Å². The Hall–Kier alpha value is -1.92. The first-order chi connectivity index (χ1) is 8.47. The van der Waals surface area contributed by atoms with Gasteiger partial charge in [-0.2, -0.15) is 8.42 Å². The van der Waals surface area contributed by atoms with Crippen LogP contribution in [0.5, 0.6) is 0 Å². The summed E-state index contributed by atoms with van der Waals surface area (Å²) >= 11 is 0. The van der Waals surface area contributed by atoms with Crippen molar-refractivity contribution in [2.24, 2.45) is 0 Å². The summed E-state index contributed by atoms with van der Waals surface area (Å²) in [7, 11) is -4.29. The highest BCUT2D eigenvalue weighted by molar-refractivity contribution is 7.86. The van der Waals surface area contributed by atoms with E-state index in [4.69, 9.17) is 4.55 Å². The molecule has 2 N–H and O–H groups in total. The topological polar surface area (TPSA) is 79.3 Å². The van der Waals surface area contributed by atoms with E-state index in [-0.39, 0.29) is 10.6 Å². The van der Waals surface area contributed by atoms with Crippen molar-refractivity contribution in [3.05, 3.63) is 48.3 Å². The minimum Gasteiger partial charge on any atom is -0.354 e. The van der Waals surface area contributed by atoms with Crippen LogP contribution in [-0.2, 0) is 10.1 Å². The van der Waals surface area contributed by atoms with Gasteiger partial charge >= 0.3 is 0 Å². The average Bonchev–Trinajstić information content (AvgIpc) is 2.28. The van der Waals surface area contributed by atoms with Crippen molar-refractivity contribution in [3.8, 4) is 0 Å². The van der Waals surface area contributed by atoms with Crippen molar-refractivity contribution in [1.29, 1.82) is 0 Å². The highest BCUT2D eigenvalue weighted by atomic mass is 32.2. The third-order valence-electron chi connectivity index (χ3n) is 2.36. The van der Waals surface area contributed by atoms with Crippen LogP contribution in [0.3, 0.4) is 0 Å². The molecule has 0 amide bonds. The SMILES string of the molecule is Cc1cccc(Nc2ccncc2S(=O)(=O)O)c1. The van der Waals surface area contributed by atoms with Gasteiger partial charge in [0.25, 0.3) is 10.1 Å². The van der Waals surface area contributed by atoms with Crippen LogP contribution < -0.4 is 5.32 Å². The number of nitrogens with one attached hydrogen (secondary N) is 1. The van der Waals surface area contributed by atoms with E-state index in [9.17, 15) is 8.42 Å². The molecule has 0 atom stereocenters. The minimum absolute atomic E-state index is 0.244. The Morgan fingerprint density at radius 3 is 2.72 bits per heavy atom. The summed E-state index contributed by atoms with van der Waals surface area (Å²) in [5.41, 5.74) is 2.08. The van der Waals surface area contributed by atoms with Crippen LogP contribution in [0.25, 0.3) is 0 Å². The molecule has 0 aliphatic carbocycles. The van der Waals surface area contributed by atoms with Gasteiger partial charge in [0, 0.05) is 11.9 Å². The number of hydrogen-bond acceptors (Lipinski definition) is 4. The van der Waals surface area contributed by atoms with Gasteiger partial charge in [0.05, 0.1) is 11.9 Å². The lowest BCUT2D eigenvalue weighted by Gasteiger charge is -2.09. The first-order valence-electron chi connectivity index (χ1n) is 5.22. The molecular weight excluding hydrogens is 252 g/mol. The minimum atomic E-state index is -4.29. The largest absolute Gasteiger partial charge is 0.354 e. The fourth-order valence-corrected chi connectivity index (χ4v) is 2.16. The number of hydrogen-bond donors (Lipinski definition) is 2. The van der Waals surface area contributed by atoms with Crippen LogP contribution in [-0.4, -0.2) is 18.0 Å². The molecule has 1 aromatic carbocycles. The number of aromatic nitrogens is 1. The standard InChI is InChI=1S/C12H12N2O3S/c1-9-3-2-4-10(7-9)14-11-5-6-13-8-12(11)18(15,16)17/h2-8H,1H3,(H,13,14)(H,15,16,17). The van der Waals surface area contributed by atoms with E-state index in [0.717, 1.165) is 17.4 Å². The summed E-state index contributed by atoms with van der Waals surface area (Å²) in [5.74, 6) is 0. The van der Waals surface area contributed by atoms with Crippen LogP contribution in [0.4, 0.5) is 11.4 Å². The number of nitrogens with zero attached hydrogens (tertiary/aromatic N) is 1. The molecule has 0 unspecified atom stereocenters. The molecule has 0 bridgehead atoms. The molecule has 0 saturated heterocycles. The van der Waals surface area contributed by atoms with Gasteiger partial charge in [-0.15, -0.1) is 0 Å². The Labute approximate surface area is 105 Å². The van der Waals surface area contributed by atoms with E-state index >= 15 is 0 Å². The molecule has 0 aliphatic rings. The zero-order valence-electron chi connectivity index (χ0n) is 9.66. The van der Waals surface area contributed by atoms with Gasteiger partial charge in [0.15, 0.2) is 0 Å². The van der Waals surface area contributed by atoms with Crippen molar-refractivity contribution in [2.45, 2.75) is 11.8 Å². The summed E-state index contributed by atoms with van der Waals surface area (Å²) in [6.45, 7) is 1.93. The molecule has 0 spiro atoms. The van der Waals surface area contributed by atoms with Crippen molar-refractivity contribution in [2.75, 3.05) is 5.32 Å². The number of anilines is 2. The maximum Gasteiger partial charge on any atom is 0.298 e. The van der Waals surface area contributed by atoms with Crippen molar-refractivity contribution >= 4 is 21.5 Å². The summed E-state index contributed by atoms with van der Waals surface area (Å²) in [6, 6.07) is 8.95. The third kappa shape index (κ3) is 2.85. The fraction of sp³-hybridized carbons (Fsp3) is 0.0833. The third-order valence-corrected chi connectivity index (χ3v) is 3.24. The Bertz CT molecular complexity index is 669. The Morgan fingerprint density at radius 1 is 1.28 bits per heavy atom. The lowest BCUT2D eigenvalue weighted by Crippen LogP contribution is -2.03. The number of aryl methyl sites for hydroxylation is 1. The van der Waals surface area contributed by atoms with Gasteiger partial charge in [0.2, 0.25) is 0 Å². The molecular formula is C12H12N2O3S. The van der Waals surface area contributed by atoms with Gasteiger partial charge in [-0.3, -0.25) is 9.54 Å². The fourth-order valence-electron chi connectivity index (χ4n) is 1.57. The van der Waals surface area contributed by atoms with Crippen molar-refractivity contribution < 1.29 is 13.0 Å². The highest BCUT2D eigenvalue weighted by Crippen LogP contribution is 2.23. The molecule has 1 aromatic heterocycles. The zero-order chi connectivity index (χ0) is 13.2. The molecule has 2 aromatic rings. The molecule has 0 radical (unpaired) electrons. The second-order valence-corrected chi connectivity index (χ2v) is 5.23. The summed E-state index contributed by atoms with van der Waals surface area (Å²) in [6.07, 6.45) is 2.56. The molecule has 1 heterocycles. The number of pyridine rings is 1. The van der Waals surface area contributed by atoms with Gasteiger partial charge < -0.3 is 5.32 Å². The predicted octanol–water partition coefficient (Wildman–Crippen LogP) is 2.38. The number of benzene rings is 1. The lowest BCUT2D eigenvalue weighted by atomic mass is 10.2. The normalized spacial score (nSPS) is 11.2. The summed E-state index contributed by atoms with van der Waals surface area (Å²) in [4.78, 5) is 3.45. The van der Waals surface area contributed by atoms with E-state index in [0.29, 0.717) is 0 Å². The molecule has 2 rings (SSSR count). The Balaban J connectivity index is 2.41. The van der Waals surface area contributed by atoms with Crippen LogP contribution >= 0.6 is 0 Å². The molecule has 94 valence electrons. The van der Waals surface area contributed by atoms with E-state index < -0.39 is 10.1 Å². The molecule has 0 aliphatic heterocycles. The number of rotatable bonds is 3. The van der Waals surface area contributed by atoms with Gasteiger partial charge in [-0.1, -0.05) is 12.1 Å². The van der Waals surface area contributed by atoms with Crippen LogP contribution in [0.15, 0.2) is 47.6 Å². The predicted molar refractivity (Wildman–Crippen MR) is 68.5 cm³/mol. The van der Waals surface area contributed by atoms with E-state index in [1.54, 1.807) is 6.07 Å². The quantitative estimate of drug-likeness (QED) is 0.832. The molecule has 18 heavy (non-hydrogen) atoms. The van der Waals surface area contributed by atoms with Gasteiger partial charge in [-0.25, -0.2) is 0 Å². The van der Waals surface area contributed by atoms with E-state index in [2.05, 4.69) is 10.3 Å². The second kappa shape index (κ2) is 4.75. The molecule has 0 saturated carbocycles. The van der Waals surface area contributed by atoms with Crippen LogP contribution in [0.1, 0.15) is 5.56 Å². The monoisotopic (exact) mass is 264 g/mol. The average molecular weight is 264 g/mol. The smallest absolute Gasteiger partial charge is 0.298 e. The van der Waals surface area contributed by atoms with Crippen LogP contribution in [0, 0.1) is 6.92 Å². The second-order valence-electron chi connectivity index (χ2n) is 3.84. The Morgan fingerprint density at radius 2 is 2.06 bits per heavy atom. The lowest BCUT2D eigenvalue weighted by molar-refractivity contribution is 0.483. The van der Waals surface area contributed by atoms with E-state index in [1.165, 1.54) is 12.3 Å². The van der Waals surface area contributed by atoms with E-state index in [1.807, 2.05) is 25.1 Å². The summed E-state index contributed by atoms with van der Waals surface area (Å²) in [5, 5.41) is 2.94. The molecule has 5 nitrogen and oxygen atoms in total. The summed E-state index contributed by atoms with van der Waals surface area (Å²) < 4.78 is 31.5. The first-order valence-corrected chi connectivity index (χ1v) is 6.66.